The van der Waals surface area contributed by atoms with Gasteiger partial charge in [-0.2, -0.15) is 5.10 Å². The molecule has 1 aliphatic heterocycles. The Kier molecular flexibility index (Phi) is 6.48. The van der Waals surface area contributed by atoms with Gasteiger partial charge in [-0.15, -0.1) is 0 Å². The lowest BCUT2D eigenvalue weighted by Gasteiger charge is -2.33. The average molecular weight is 533 g/mol. The molecule has 3 N–H and O–H groups in total. The van der Waals surface area contributed by atoms with Gasteiger partial charge in [-0.05, 0) is 61.7 Å². The molecule has 0 radical (unpaired) electrons. The Morgan fingerprint density at radius 3 is 2.62 bits per heavy atom. The fraction of sp³-hybridized carbons (Fsp3) is 0.344. The molecule has 0 bridgehead atoms. The number of rotatable bonds is 6. The number of likely N-dealkylation sites (N-methyl/N-ethyl adjacent to an activating group) is 1. The molecule has 1 saturated carbocycles. The van der Waals surface area contributed by atoms with Crippen LogP contribution in [0, 0.1) is 5.92 Å². The molecule has 1 aromatic carbocycles. The summed E-state index contributed by atoms with van der Waals surface area (Å²) in [6.45, 7) is 8.40. The molecule has 5 aromatic rings. The lowest BCUT2D eigenvalue weighted by atomic mass is 9.87. The van der Waals surface area contributed by atoms with Crippen LogP contribution in [-0.2, 0) is 0 Å². The molecule has 8 heteroatoms. The van der Waals surface area contributed by atoms with Crippen LogP contribution < -0.4 is 10.2 Å². The van der Waals surface area contributed by atoms with E-state index in [0.29, 0.717) is 5.92 Å². The second kappa shape index (κ2) is 10.4. The Balaban J connectivity index is 1.19. The molecular weight excluding hydrogens is 496 g/mol. The molecule has 2 fully saturated rings. The Morgan fingerprint density at radius 2 is 1.77 bits per heavy atom. The minimum absolute atomic E-state index is 0.547. The van der Waals surface area contributed by atoms with Crippen molar-refractivity contribution in [3.63, 3.8) is 0 Å². The first-order chi connectivity index (χ1) is 19.6. The Morgan fingerprint density at radius 1 is 0.925 bits per heavy atom. The first-order valence-corrected chi connectivity index (χ1v) is 14.4. The van der Waals surface area contributed by atoms with Crippen LogP contribution in [0.1, 0.15) is 32.1 Å². The number of piperazine rings is 1. The van der Waals surface area contributed by atoms with Gasteiger partial charge in [-0.1, -0.05) is 31.9 Å². The molecule has 4 aromatic heterocycles. The fourth-order valence-corrected chi connectivity index (χ4v) is 6.24. The van der Waals surface area contributed by atoms with E-state index in [-0.39, 0.29) is 0 Å². The number of aromatic amines is 2. The molecule has 204 valence electrons. The topological polar surface area (TPSA) is 88.8 Å². The molecule has 1 aliphatic carbocycles. The zero-order valence-corrected chi connectivity index (χ0v) is 23.1. The van der Waals surface area contributed by atoms with Crippen LogP contribution in [0.15, 0.2) is 67.3 Å². The van der Waals surface area contributed by atoms with Gasteiger partial charge in [0.25, 0.3) is 0 Å². The highest BCUT2D eigenvalue weighted by Gasteiger charge is 2.20. The van der Waals surface area contributed by atoms with Gasteiger partial charge in [0.15, 0.2) is 0 Å². The monoisotopic (exact) mass is 532 g/mol. The number of fused-ring (bicyclic) bond motifs is 2. The number of hydrogen-bond acceptors (Lipinski definition) is 6. The Labute approximate surface area is 234 Å². The smallest absolute Gasteiger partial charge is 0.138 e. The van der Waals surface area contributed by atoms with Crippen LogP contribution in [0.3, 0.4) is 0 Å². The summed E-state index contributed by atoms with van der Waals surface area (Å²) >= 11 is 0. The van der Waals surface area contributed by atoms with Gasteiger partial charge in [0, 0.05) is 60.6 Å². The molecule has 40 heavy (non-hydrogen) atoms. The fourth-order valence-electron chi connectivity index (χ4n) is 6.24. The van der Waals surface area contributed by atoms with Crippen LogP contribution in [-0.4, -0.2) is 63.3 Å². The van der Waals surface area contributed by atoms with Gasteiger partial charge in [0.1, 0.15) is 11.5 Å². The van der Waals surface area contributed by atoms with Crippen molar-refractivity contribution in [2.45, 2.75) is 32.1 Å². The lowest BCUT2D eigenvalue weighted by molar-refractivity contribution is 0.312. The predicted molar refractivity (Wildman–Crippen MR) is 163 cm³/mol. The van der Waals surface area contributed by atoms with Crippen LogP contribution in [0.4, 0.5) is 11.5 Å². The number of pyridine rings is 2. The molecular formula is C32H36N8. The van der Waals surface area contributed by atoms with Gasteiger partial charge < -0.3 is 20.1 Å². The molecule has 7 rings (SSSR count). The molecule has 1 saturated heterocycles. The molecule has 2 aliphatic rings. The summed E-state index contributed by atoms with van der Waals surface area (Å²) in [6.07, 6.45) is 12.1. The highest BCUT2D eigenvalue weighted by atomic mass is 15.3. The number of benzene rings is 1. The summed E-state index contributed by atoms with van der Waals surface area (Å²) in [4.78, 5) is 17.7. The highest BCUT2D eigenvalue weighted by Crippen LogP contribution is 2.35. The standard InChI is InChI=1S/C32H36N8/c1-21(22-6-4-3-5-7-22)35-25-16-24(19-33-20-25)23-8-9-29-26(17-23)31(38-37-29)30-18-27-28(36-30)10-11-34-32(27)40-14-12-39(2)13-15-40/h8-11,16-20,22,35-36H,1,3-7,12-15H2,2H3,(H,37,38). The van der Waals surface area contributed by atoms with Gasteiger partial charge in [-0.3, -0.25) is 10.1 Å². The highest BCUT2D eigenvalue weighted by molar-refractivity contribution is 6.00. The van der Waals surface area contributed by atoms with E-state index < -0.39 is 0 Å². The second-order valence-corrected chi connectivity index (χ2v) is 11.3. The molecule has 0 amide bonds. The third-order valence-corrected chi connectivity index (χ3v) is 8.62. The molecule has 5 heterocycles. The Bertz CT molecular complexity index is 1670. The van der Waals surface area contributed by atoms with Crippen LogP contribution in [0.5, 0.6) is 0 Å². The van der Waals surface area contributed by atoms with Gasteiger partial charge in [0.2, 0.25) is 0 Å². The largest absolute Gasteiger partial charge is 0.358 e. The number of nitrogens with zero attached hydrogens (tertiary/aromatic N) is 5. The van der Waals surface area contributed by atoms with Crippen molar-refractivity contribution >= 4 is 33.3 Å². The van der Waals surface area contributed by atoms with E-state index in [1.54, 1.807) is 0 Å². The zero-order chi connectivity index (χ0) is 27.1. The summed E-state index contributed by atoms with van der Waals surface area (Å²) in [6, 6.07) is 12.8. The summed E-state index contributed by atoms with van der Waals surface area (Å²) in [5, 5.41) is 13.7. The average Bonchev–Trinajstić information content (AvgIpc) is 3.62. The lowest BCUT2D eigenvalue weighted by Crippen LogP contribution is -2.44. The maximum atomic E-state index is 4.76. The van der Waals surface area contributed by atoms with Crippen molar-refractivity contribution in [3.8, 4) is 22.5 Å². The molecule has 0 spiro atoms. The number of nitrogens with one attached hydrogen (secondary N) is 3. The third kappa shape index (κ3) is 4.73. The minimum atomic E-state index is 0.547. The van der Waals surface area contributed by atoms with Crippen LogP contribution in [0.25, 0.3) is 44.3 Å². The SMILES string of the molecule is C=C(Nc1cncc(-c2ccc3[nH]nc(-c4cc5c(N6CCN(C)CC6)nccc5[nH]4)c3c2)c1)C1CCCCC1. The van der Waals surface area contributed by atoms with E-state index in [2.05, 4.69) is 74.1 Å². The van der Waals surface area contributed by atoms with E-state index in [1.807, 2.05) is 24.7 Å². The van der Waals surface area contributed by atoms with Crippen LogP contribution in [0.2, 0.25) is 0 Å². The van der Waals surface area contributed by atoms with Crippen molar-refractivity contribution in [1.29, 1.82) is 0 Å². The minimum Gasteiger partial charge on any atom is -0.358 e. The maximum Gasteiger partial charge on any atom is 0.138 e. The quantitative estimate of drug-likeness (QED) is 0.234. The summed E-state index contributed by atoms with van der Waals surface area (Å²) < 4.78 is 0. The van der Waals surface area contributed by atoms with E-state index in [1.165, 1.54) is 32.1 Å². The predicted octanol–water partition coefficient (Wildman–Crippen LogP) is 6.43. The van der Waals surface area contributed by atoms with Gasteiger partial charge >= 0.3 is 0 Å². The first kappa shape index (κ1) is 24.8. The van der Waals surface area contributed by atoms with Gasteiger partial charge in [-0.25, -0.2) is 4.98 Å². The number of allylic oxidation sites excluding steroid dienone is 1. The number of hydrogen-bond donors (Lipinski definition) is 3. The number of anilines is 2. The van der Waals surface area contributed by atoms with Crippen LogP contribution >= 0.6 is 0 Å². The normalized spacial score (nSPS) is 17.1. The number of H-pyrrole nitrogens is 2. The zero-order valence-electron chi connectivity index (χ0n) is 23.1. The first-order valence-electron chi connectivity index (χ1n) is 14.4. The van der Waals surface area contributed by atoms with Crippen molar-refractivity contribution in [2.24, 2.45) is 5.92 Å². The van der Waals surface area contributed by atoms with Crippen molar-refractivity contribution in [1.82, 2.24) is 30.0 Å². The van der Waals surface area contributed by atoms with Crippen molar-refractivity contribution in [2.75, 3.05) is 43.4 Å². The summed E-state index contributed by atoms with van der Waals surface area (Å²) in [5.41, 5.74) is 8.23. The third-order valence-electron chi connectivity index (χ3n) is 8.62. The van der Waals surface area contributed by atoms with E-state index >= 15 is 0 Å². The number of aromatic nitrogens is 5. The van der Waals surface area contributed by atoms with Gasteiger partial charge in [0.05, 0.1) is 28.6 Å². The summed E-state index contributed by atoms with van der Waals surface area (Å²) in [5.74, 6) is 1.59. The van der Waals surface area contributed by atoms with E-state index in [0.717, 1.165) is 87.7 Å². The maximum absolute atomic E-state index is 4.76. The molecule has 0 unspecified atom stereocenters. The Hall–Kier alpha value is -4.17. The van der Waals surface area contributed by atoms with E-state index in [4.69, 9.17) is 10.1 Å². The molecule has 8 nitrogen and oxygen atoms in total. The van der Waals surface area contributed by atoms with E-state index in [9.17, 15) is 0 Å². The van der Waals surface area contributed by atoms with Crippen molar-refractivity contribution in [3.05, 3.63) is 67.3 Å². The molecule has 0 atom stereocenters. The van der Waals surface area contributed by atoms with Crippen molar-refractivity contribution < 1.29 is 0 Å². The second-order valence-electron chi connectivity index (χ2n) is 11.3. The summed E-state index contributed by atoms with van der Waals surface area (Å²) in [7, 11) is 2.17.